The van der Waals surface area contributed by atoms with E-state index in [-0.39, 0.29) is 19.0 Å². The van der Waals surface area contributed by atoms with E-state index < -0.39 is 0 Å². The first-order chi connectivity index (χ1) is 10.3. The normalized spacial score (nSPS) is 10.3. The van der Waals surface area contributed by atoms with Crippen LogP contribution in [0, 0.1) is 0 Å². The van der Waals surface area contributed by atoms with Crippen molar-refractivity contribution in [3.8, 4) is 5.75 Å². The largest absolute Gasteiger partial charge is 0.490 e. The average molecular weight is 286 g/mol. The summed E-state index contributed by atoms with van der Waals surface area (Å²) in [4.78, 5) is 12.5. The molecule has 0 atom stereocenters. The molecule has 1 N–H and O–H groups in total. The first-order valence-corrected chi connectivity index (χ1v) is 6.83. The zero-order valence-corrected chi connectivity index (χ0v) is 11.7. The molecular weight excluding hydrogens is 268 g/mol. The third-order valence-electron chi connectivity index (χ3n) is 2.89. The molecule has 0 aromatic heterocycles. The number of carbonyl (C=O) groups is 1. The van der Waals surface area contributed by atoms with Gasteiger partial charge in [-0.2, -0.15) is 0 Å². The molecule has 110 valence electrons. The summed E-state index contributed by atoms with van der Waals surface area (Å²) in [6, 6.07) is 16.3. The highest BCUT2D eigenvalue weighted by atomic mass is 16.5. The van der Waals surface area contributed by atoms with Gasteiger partial charge in [-0.15, -0.1) is 0 Å². The minimum atomic E-state index is -0.0672. The predicted molar refractivity (Wildman–Crippen MR) is 79.7 cm³/mol. The van der Waals surface area contributed by atoms with E-state index >= 15 is 0 Å². The molecule has 2 aromatic rings. The van der Waals surface area contributed by atoms with Crippen LogP contribution in [0.2, 0.25) is 0 Å². The van der Waals surface area contributed by atoms with Crippen molar-refractivity contribution in [2.24, 2.45) is 0 Å². The lowest BCUT2D eigenvalue weighted by molar-refractivity contribution is 0.0701. The van der Waals surface area contributed by atoms with Crippen LogP contribution in [-0.2, 0) is 4.74 Å². The Morgan fingerprint density at radius 2 is 1.62 bits per heavy atom. The smallest absolute Gasteiger partial charge is 0.196 e. The van der Waals surface area contributed by atoms with Gasteiger partial charge in [0.2, 0.25) is 0 Å². The lowest BCUT2D eigenvalue weighted by Crippen LogP contribution is -2.11. The van der Waals surface area contributed by atoms with Gasteiger partial charge < -0.3 is 14.6 Å². The van der Waals surface area contributed by atoms with Crippen molar-refractivity contribution in [2.45, 2.75) is 0 Å². The monoisotopic (exact) mass is 286 g/mol. The number of carbonyl (C=O) groups excluding carboxylic acids is 1. The molecule has 4 nitrogen and oxygen atoms in total. The molecule has 0 saturated carbocycles. The summed E-state index contributed by atoms with van der Waals surface area (Å²) in [6.45, 7) is 0.977. The fraction of sp³-hybridized carbons (Fsp3) is 0.235. The minimum Gasteiger partial charge on any atom is -0.490 e. The number of aliphatic hydroxyl groups excluding tert-OH is 1. The van der Waals surface area contributed by atoms with E-state index in [2.05, 4.69) is 0 Å². The highest BCUT2D eigenvalue weighted by molar-refractivity contribution is 6.10. The highest BCUT2D eigenvalue weighted by Crippen LogP contribution is 2.21. The van der Waals surface area contributed by atoms with Crippen molar-refractivity contribution in [3.05, 3.63) is 65.7 Å². The standard InChI is InChI=1S/C17H18O4/c18-10-11-20-12-13-21-16-9-5-4-8-15(16)17(19)14-6-2-1-3-7-14/h1-9,18H,10-13H2. The molecule has 4 heteroatoms. The SMILES string of the molecule is O=C(c1ccccc1)c1ccccc1OCCOCCO. The van der Waals surface area contributed by atoms with Crippen LogP contribution < -0.4 is 4.74 Å². The predicted octanol–water partition coefficient (Wildman–Crippen LogP) is 2.31. The van der Waals surface area contributed by atoms with Crippen LogP contribution in [0.3, 0.4) is 0 Å². The Hall–Kier alpha value is -2.17. The molecule has 0 unspecified atom stereocenters. The molecule has 2 rings (SSSR count). The van der Waals surface area contributed by atoms with Gasteiger partial charge in [0, 0.05) is 5.56 Å². The Bertz CT molecular complexity index is 566. The van der Waals surface area contributed by atoms with Crippen LogP contribution in [0.4, 0.5) is 0 Å². The zero-order valence-electron chi connectivity index (χ0n) is 11.7. The van der Waals surface area contributed by atoms with Crippen LogP contribution in [0.25, 0.3) is 0 Å². The maximum atomic E-state index is 12.5. The van der Waals surface area contributed by atoms with Gasteiger partial charge in [0.1, 0.15) is 12.4 Å². The van der Waals surface area contributed by atoms with Gasteiger partial charge >= 0.3 is 0 Å². The van der Waals surface area contributed by atoms with E-state index in [9.17, 15) is 4.79 Å². The topological polar surface area (TPSA) is 55.8 Å². The molecule has 0 amide bonds. The first kappa shape index (κ1) is 15.2. The zero-order chi connectivity index (χ0) is 14.9. The molecule has 21 heavy (non-hydrogen) atoms. The fourth-order valence-corrected chi connectivity index (χ4v) is 1.90. The third kappa shape index (κ3) is 4.41. The number of benzene rings is 2. The molecule has 0 saturated heterocycles. The van der Waals surface area contributed by atoms with E-state index in [4.69, 9.17) is 14.6 Å². The van der Waals surface area contributed by atoms with Crippen molar-refractivity contribution in [3.63, 3.8) is 0 Å². The second-order valence-electron chi connectivity index (χ2n) is 4.38. The van der Waals surface area contributed by atoms with Gasteiger partial charge in [0.25, 0.3) is 0 Å². The maximum absolute atomic E-state index is 12.5. The third-order valence-corrected chi connectivity index (χ3v) is 2.89. The van der Waals surface area contributed by atoms with E-state index in [1.54, 1.807) is 24.3 Å². The van der Waals surface area contributed by atoms with Gasteiger partial charge in [-0.25, -0.2) is 0 Å². The van der Waals surface area contributed by atoms with Crippen LogP contribution in [0.1, 0.15) is 15.9 Å². The summed E-state index contributed by atoms with van der Waals surface area (Å²) in [5.74, 6) is 0.474. The van der Waals surface area contributed by atoms with Gasteiger partial charge in [-0.3, -0.25) is 4.79 Å². The highest BCUT2D eigenvalue weighted by Gasteiger charge is 2.13. The van der Waals surface area contributed by atoms with Crippen LogP contribution in [-0.4, -0.2) is 37.3 Å². The van der Waals surface area contributed by atoms with Crippen LogP contribution in [0.15, 0.2) is 54.6 Å². The molecule has 0 bridgehead atoms. The number of para-hydroxylation sites is 1. The summed E-state index contributed by atoms with van der Waals surface area (Å²) in [5, 5.41) is 8.62. The summed E-state index contributed by atoms with van der Waals surface area (Å²) < 4.78 is 10.7. The molecule has 0 fully saturated rings. The van der Waals surface area contributed by atoms with E-state index in [0.29, 0.717) is 30.1 Å². The first-order valence-electron chi connectivity index (χ1n) is 6.83. The van der Waals surface area contributed by atoms with Crippen molar-refractivity contribution < 1.29 is 19.4 Å². The molecule has 0 radical (unpaired) electrons. The summed E-state index contributed by atoms with van der Waals surface area (Å²) in [5.41, 5.74) is 1.16. The van der Waals surface area contributed by atoms with Crippen molar-refractivity contribution in [2.75, 3.05) is 26.4 Å². The Labute approximate surface area is 123 Å². The second kappa shape index (κ2) is 8.19. The number of hydrogen-bond donors (Lipinski definition) is 1. The number of ketones is 1. The quantitative estimate of drug-likeness (QED) is 0.597. The van der Waals surface area contributed by atoms with Gasteiger partial charge in [-0.1, -0.05) is 42.5 Å². The summed E-state index contributed by atoms with van der Waals surface area (Å²) in [6.07, 6.45) is 0. The van der Waals surface area contributed by atoms with Crippen LogP contribution in [0.5, 0.6) is 5.75 Å². The molecule has 2 aromatic carbocycles. The van der Waals surface area contributed by atoms with E-state index in [1.165, 1.54) is 0 Å². The van der Waals surface area contributed by atoms with Gasteiger partial charge in [-0.05, 0) is 12.1 Å². The maximum Gasteiger partial charge on any atom is 0.196 e. The van der Waals surface area contributed by atoms with Gasteiger partial charge in [0.15, 0.2) is 5.78 Å². The molecule has 0 heterocycles. The summed E-state index contributed by atoms with van der Waals surface area (Å²) >= 11 is 0. The lowest BCUT2D eigenvalue weighted by Gasteiger charge is -2.11. The van der Waals surface area contributed by atoms with Crippen molar-refractivity contribution in [1.29, 1.82) is 0 Å². The molecule has 0 aliphatic rings. The number of aliphatic hydroxyl groups is 1. The Morgan fingerprint density at radius 1 is 0.905 bits per heavy atom. The fourth-order valence-electron chi connectivity index (χ4n) is 1.90. The van der Waals surface area contributed by atoms with Crippen molar-refractivity contribution in [1.82, 2.24) is 0 Å². The molecular formula is C17H18O4. The van der Waals surface area contributed by atoms with Gasteiger partial charge in [0.05, 0.1) is 25.4 Å². The summed E-state index contributed by atoms with van der Waals surface area (Å²) in [7, 11) is 0. The van der Waals surface area contributed by atoms with E-state index in [0.717, 1.165) is 0 Å². The molecule has 0 aliphatic carbocycles. The van der Waals surface area contributed by atoms with Crippen LogP contribution >= 0.6 is 0 Å². The second-order valence-corrected chi connectivity index (χ2v) is 4.38. The Morgan fingerprint density at radius 3 is 2.38 bits per heavy atom. The Kier molecular flexibility index (Phi) is 5.94. The number of ether oxygens (including phenoxy) is 2. The van der Waals surface area contributed by atoms with Crippen molar-refractivity contribution >= 4 is 5.78 Å². The number of hydrogen-bond acceptors (Lipinski definition) is 4. The minimum absolute atomic E-state index is 0.0108. The lowest BCUT2D eigenvalue weighted by atomic mass is 10.0. The number of rotatable bonds is 8. The molecule has 0 aliphatic heterocycles. The van der Waals surface area contributed by atoms with E-state index in [1.807, 2.05) is 30.3 Å². The molecule has 0 spiro atoms. The average Bonchev–Trinajstić information content (AvgIpc) is 2.55. The Balaban J connectivity index is 2.05.